The van der Waals surface area contributed by atoms with E-state index < -0.39 is 0 Å². The van der Waals surface area contributed by atoms with E-state index in [1.54, 1.807) is 29.9 Å². The standard InChI is InChI=1S/C13H15Cl2N3O/c1-7(2)12-11(16)13(18(3)17-12)19-10-5-4-8(14)6-9(10)15/h4-7H,16H2,1-3H3. The number of nitrogens with two attached hydrogens (primary N) is 1. The van der Waals surface area contributed by atoms with E-state index in [9.17, 15) is 0 Å². The third kappa shape index (κ3) is 2.80. The molecule has 4 nitrogen and oxygen atoms in total. The Morgan fingerprint density at radius 2 is 2.00 bits per heavy atom. The Balaban J connectivity index is 2.38. The number of hydrogen-bond donors (Lipinski definition) is 1. The molecular weight excluding hydrogens is 285 g/mol. The van der Waals surface area contributed by atoms with Crippen molar-refractivity contribution < 1.29 is 4.74 Å². The van der Waals surface area contributed by atoms with Crippen molar-refractivity contribution in [3.05, 3.63) is 33.9 Å². The molecule has 0 unspecified atom stereocenters. The van der Waals surface area contributed by atoms with E-state index in [-0.39, 0.29) is 5.92 Å². The van der Waals surface area contributed by atoms with E-state index in [1.165, 1.54) is 0 Å². The Morgan fingerprint density at radius 1 is 1.32 bits per heavy atom. The largest absolute Gasteiger partial charge is 0.436 e. The Kier molecular flexibility index (Phi) is 3.92. The maximum atomic E-state index is 6.07. The molecule has 2 aromatic rings. The van der Waals surface area contributed by atoms with Gasteiger partial charge in [0.15, 0.2) is 0 Å². The van der Waals surface area contributed by atoms with Crippen molar-refractivity contribution in [2.45, 2.75) is 19.8 Å². The Bertz CT molecular complexity index is 608. The first kappa shape index (κ1) is 14.0. The molecule has 0 saturated carbocycles. The summed E-state index contributed by atoms with van der Waals surface area (Å²) in [6.07, 6.45) is 0. The number of benzene rings is 1. The van der Waals surface area contributed by atoms with Crippen molar-refractivity contribution in [3.8, 4) is 11.6 Å². The predicted octanol–water partition coefficient (Wildman–Crippen LogP) is 4.22. The van der Waals surface area contributed by atoms with Crippen molar-refractivity contribution >= 4 is 28.9 Å². The van der Waals surface area contributed by atoms with Gasteiger partial charge >= 0.3 is 0 Å². The minimum Gasteiger partial charge on any atom is -0.436 e. The van der Waals surface area contributed by atoms with Gasteiger partial charge in [-0.2, -0.15) is 5.10 Å². The van der Waals surface area contributed by atoms with Gasteiger partial charge in [-0.3, -0.25) is 0 Å². The summed E-state index contributed by atoms with van der Waals surface area (Å²) >= 11 is 11.9. The number of aryl methyl sites for hydroxylation is 1. The monoisotopic (exact) mass is 299 g/mol. The van der Waals surface area contributed by atoms with Gasteiger partial charge in [0.25, 0.3) is 0 Å². The van der Waals surface area contributed by atoms with E-state index in [0.717, 1.165) is 5.69 Å². The maximum absolute atomic E-state index is 6.07. The Hall–Kier alpha value is -1.39. The van der Waals surface area contributed by atoms with Crippen LogP contribution in [0.25, 0.3) is 0 Å². The topological polar surface area (TPSA) is 53.1 Å². The summed E-state index contributed by atoms with van der Waals surface area (Å²) in [6.45, 7) is 4.05. The highest BCUT2D eigenvalue weighted by molar-refractivity contribution is 6.35. The molecule has 0 bridgehead atoms. The smallest absolute Gasteiger partial charge is 0.241 e. The zero-order valence-electron chi connectivity index (χ0n) is 10.9. The van der Waals surface area contributed by atoms with Crippen molar-refractivity contribution in [1.82, 2.24) is 9.78 Å². The summed E-state index contributed by atoms with van der Waals surface area (Å²) in [7, 11) is 1.78. The molecule has 0 saturated heterocycles. The van der Waals surface area contributed by atoms with E-state index >= 15 is 0 Å². The third-order valence-electron chi connectivity index (χ3n) is 2.71. The molecule has 102 valence electrons. The van der Waals surface area contributed by atoms with Crippen LogP contribution in [0.3, 0.4) is 0 Å². The van der Waals surface area contributed by atoms with Gasteiger partial charge < -0.3 is 10.5 Å². The first-order valence-corrected chi connectivity index (χ1v) is 6.61. The molecule has 1 aromatic heterocycles. The lowest BCUT2D eigenvalue weighted by molar-refractivity contribution is 0.432. The molecule has 0 amide bonds. The number of hydrogen-bond acceptors (Lipinski definition) is 3. The molecule has 0 radical (unpaired) electrons. The van der Waals surface area contributed by atoms with Gasteiger partial charge in [0.05, 0.1) is 10.7 Å². The average molecular weight is 300 g/mol. The normalized spacial score (nSPS) is 11.1. The molecule has 0 aliphatic carbocycles. The maximum Gasteiger partial charge on any atom is 0.241 e. The lowest BCUT2D eigenvalue weighted by Gasteiger charge is -2.08. The zero-order chi connectivity index (χ0) is 14.2. The fourth-order valence-corrected chi connectivity index (χ4v) is 2.20. The highest BCUT2D eigenvalue weighted by atomic mass is 35.5. The van der Waals surface area contributed by atoms with E-state index in [1.807, 2.05) is 13.8 Å². The van der Waals surface area contributed by atoms with Gasteiger partial charge in [-0.25, -0.2) is 4.68 Å². The van der Waals surface area contributed by atoms with Crippen LogP contribution in [-0.2, 0) is 7.05 Å². The zero-order valence-corrected chi connectivity index (χ0v) is 12.5. The van der Waals surface area contributed by atoms with Gasteiger partial charge in [0.2, 0.25) is 5.88 Å². The summed E-state index contributed by atoms with van der Waals surface area (Å²) in [6, 6.07) is 5.03. The minimum absolute atomic E-state index is 0.226. The van der Waals surface area contributed by atoms with Crippen LogP contribution in [0.15, 0.2) is 18.2 Å². The first-order valence-electron chi connectivity index (χ1n) is 5.85. The molecule has 0 atom stereocenters. The molecule has 0 spiro atoms. The summed E-state index contributed by atoms with van der Waals surface area (Å²) in [5.74, 6) is 1.20. The third-order valence-corrected chi connectivity index (χ3v) is 3.24. The lowest BCUT2D eigenvalue weighted by Crippen LogP contribution is -1.97. The van der Waals surface area contributed by atoms with Gasteiger partial charge in [-0.15, -0.1) is 0 Å². The first-order chi connectivity index (χ1) is 8.90. The van der Waals surface area contributed by atoms with E-state index in [2.05, 4.69) is 5.10 Å². The van der Waals surface area contributed by atoms with Gasteiger partial charge in [0.1, 0.15) is 11.4 Å². The van der Waals surface area contributed by atoms with Crippen molar-refractivity contribution in [2.24, 2.45) is 7.05 Å². The lowest BCUT2D eigenvalue weighted by atomic mass is 10.1. The summed E-state index contributed by atoms with van der Waals surface area (Å²) < 4.78 is 7.35. The highest BCUT2D eigenvalue weighted by Gasteiger charge is 2.18. The number of ether oxygens (including phenoxy) is 1. The fourth-order valence-electron chi connectivity index (χ4n) is 1.75. The van der Waals surface area contributed by atoms with Crippen LogP contribution >= 0.6 is 23.2 Å². The number of nitrogens with zero attached hydrogens (tertiary/aromatic N) is 2. The van der Waals surface area contributed by atoms with Crippen LogP contribution < -0.4 is 10.5 Å². The van der Waals surface area contributed by atoms with Crippen LogP contribution in [0, 0.1) is 0 Å². The average Bonchev–Trinajstić information content (AvgIpc) is 2.60. The summed E-state index contributed by atoms with van der Waals surface area (Å²) in [5, 5.41) is 5.33. The van der Waals surface area contributed by atoms with Crippen molar-refractivity contribution in [3.63, 3.8) is 0 Å². The van der Waals surface area contributed by atoms with Crippen LogP contribution in [0.1, 0.15) is 25.5 Å². The molecule has 0 fully saturated rings. The summed E-state index contributed by atoms with van der Waals surface area (Å²) in [5.41, 5.74) is 7.39. The van der Waals surface area contributed by atoms with Crippen LogP contribution in [-0.4, -0.2) is 9.78 Å². The number of rotatable bonds is 3. The van der Waals surface area contributed by atoms with Gasteiger partial charge in [-0.1, -0.05) is 37.0 Å². The Labute approximate surface area is 122 Å². The molecule has 0 aliphatic heterocycles. The molecular formula is C13H15Cl2N3O. The summed E-state index contributed by atoms with van der Waals surface area (Å²) in [4.78, 5) is 0. The number of halogens is 2. The number of nitrogen functional groups attached to an aromatic ring is 1. The van der Waals surface area contributed by atoms with Crippen LogP contribution in [0.5, 0.6) is 11.6 Å². The molecule has 6 heteroatoms. The van der Waals surface area contributed by atoms with Gasteiger partial charge in [-0.05, 0) is 24.1 Å². The van der Waals surface area contributed by atoms with E-state index in [4.69, 9.17) is 33.7 Å². The number of anilines is 1. The molecule has 0 aliphatic rings. The van der Waals surface area contributed by atoms with Crippen LogP contribution in [0.2, 0.25) is 10.0 Å². The molecule has 2 N–H and O–H groups in total. The minimum atomic E-state index is 0.226. The fraction of sp³-hybridized carbons (Fsp3) is 0.308. The molecule has 2 rings (SSSR count). The highest BCUT2D eigenvalue weighted by Crippen LogP contribution is 2.36. The quantitative estimate of drug-likeness (QED) is 0.923. The molecule has 1 aromatic carbocycles. The second-order valence-electron chi connectivity index (χ2n) is 4.56. The van der Waals surface area contributed by atoms with Crippen LogP contribution in [0.4, 0.5) is 5.69 Å². The van der Waals surface area contributed by atoms with Crippen molar-refractivity contribution in [1.29, 1.82) is 0 Å². The molecule has 19 heavy (non-hydrogen) atoms. The SMILES string of the molecule is CC(C)c1nn(C)c(Oc2ccc(Cl)cc2Cl)c1N. The second kappa shape index (κ2) is 5.31. The second-order valence-corrected chi connectivity index (χ2v) is 5.40. The Morgan fingerprint density at radius 3 is 2.53 bits per heavy atom. The van der Waals surface area contributed by atoms with Crippen molar-refractivity contribution in [2.75, 3.05) is 5.73 Å². The predicted molar refractivity (Wildman–Crippen MR) is 78.2 cm³/mol. The van der Waals surface area contributed by atoms with E-state index in [0.29, 0.717) is 27.4 Å². The molecule has 1 heterocycles. The van der Waals surface area contributed by atoms with Gasteiger partial charge in [0, 0.05) is 12.1 Å². The number of aromatic nitrogens is 2.